The van der Waals surface area contributed by atoms with E-state index < -0.39 is 0 Å². The molecule has 1 unspecified atom stereocenters. The molecule has 0 aromatic heterocycles. The first-order chi connectivity index (χ1) is 1.89. The Balaban J connectivity index is 2.79. The van der Waals surface area contributed by atoms with Crippen molar-refractivity contribution in [2.75, 3.05) is 5.08 Å². The molecule has 0 saturated carbocycles. The van der Waals surface area contributed by atoms with Gasteiger partial charge in [-0.1, -0.05) is 0 Å². The molecule has 0 N–H and O–H groups in total. The first kappa shape index (κ1) is 2.97. The molecule has 1 aliphatic rings. The van der Waals surface area contributed by atoms with E-state index >= 15 is 0 Å². The molecule has 1 heterocycles. The third kappa shape index (κ3) is 0.608. The molecule has 0 nitrogen and oxygen atoms in total. The van der Waals surface area contributed by atoms with Crippen LogP contribution in [0, 0.1) is 0 Å². The second kappa shape index (κ2) is 0.866. The Morgan fingerprint density at radius 2 is 2.25 bits per heavy atom. The average molecular weight is 90.0 g/mol. The van der Waals surface area contributed by atoms with Crippen molar-refractivity contribution in [3.63, 3.8) is 0 Å². The number of hydrogen-bond acceptors (Lipinski definition) is 1. The van der Waals surface area contributed by atoms with Gasteiger partial charge in [0.15, 0.2) is 0 Å². The van der Waals surface area contributed by atoms with Gasteiger partial charge in [-0.05, 0) is 0 Å². The van der Waals surface area contributed by atoms with Crippen LogP contribution < -0.4 is 0 Å². The standard InChI is InChI=1S/CH3BS2/c2-4-1-3-4/h4H,1H2. The Morgan fingerprint density at radius 1 is 2.00 bits per heavy atom. The van der Waals surface area contributed by atoms with Crippen molar-refractivity contribution in [1.82, 2.24) is 0 Å². The van der Waals surface area contributed by atoms with Crippen LogP contribution in [0.2, 0.25) is 0 Å². The molecule has 0 radical (unpaired) electrons. The van der Waals surface area contributed by atoms with Crippen LogP contribution in [-0.2, 0) is 0 Å². The van der Waals surface area contributed by atoms with Gasteiger partial charge in [-0.3, -0.25) is 0 Å². The summed E-state index contributed by atoms with van der Waals surface area (Å²) in [6.07, 6.45) is 0. The van der Waals surface area contributed by atoms with Gasteiger partial charge in [-0.2, -0.15) is 0 Å². The number of thiol groups is 1. The van der Waals surface area contributed by atoms with Crippen LogP contribution in [0.15, 0.2) is 0 Å². The molecule has 0 aromatic rings. The van der Waals surface area contributed by atoms with E-state index in [-0.39, 0.29) is 9.16 Å². The molecule has 0 aliphatic carbocycles. The zero-order valence-corrected chi connectivity index (χ0v) is 3.85. The molecule has 4 heavy (non-hydrogen) atoms. The van der Waals surface area contributed by atoms with Crippen molar-refractivity contribution < 1.29 is 0 Å². The summed E-state index contributed by atoms with van der Waals surface area (Å²) >= 11 is 0. The third-order valence-electron chi connectivity index (χ3n) is 0.278. The minimum absolute atomic E-state index is 0.0463. The molecule has 3 heteroatoms. The molecule has 0 bridgehead atoms. The maximum absolute atomic E-state index is 5.25. The fourth-order valence-electron chi connectivity index (χ4n) is 0.0333. The molecule has 1 atom stereocenters. The van der Waals surface area contributed by atoms with Crippen LogP contribution >= 0.6 is 20.0 Å². The van der Waals surface area contributed by atoms with Gasteiger partial charge in [-0.15, -0.1) is 0 Å². The fourth-order valence-corrected chi connectivity index (χ4v) is 0.900. The molecule has 1 saturated heterocycles. The predicted molar refractivity (Wildman–Crippen MR) is 27.2 cm³/mol. The van der Waals surface area contributed by atoms with Crippen molar-refractivity contribution >= 4 is 26.5 Å². The Hall–Kier alpha value is 0.765. The first-order valence-corrected chi connectivity index (χ1v) is 4.23. The summed E-state index contributed by atoms with van der Waals surface area (Å²) in [7, 11) is 1.91. The summed E-state index contributed by atoms with van der Waals surface area (Å²) in [4.78, 5) is 0. The van der Waals surface area contributed by atoms with E-state index in [2.05, 4.69) is 0 Å². The molecule has 1 rings (SSSR count). The van der Waals surface area contributed by atoms with E-state index in [1.807, 2.05) is 10.8 Å². The Kier molecular flexibility index (Phi) is 0.644. The molecule has 0 spiro atoms. The molecule has 22 valence electrons. The van der Waals surface area contributed by atoms with Crippen LogP contribution in [0.25, 0.3) is 0 Å². The predicted octanol–water partition coefficient (Wildman–Crippen LogP) is 0.690. The van der Waals surface area contributed by atoms with Crippen molar-refractivity contribution in [2.45, 2.75) is 0 Å². The maximum atomic E-state index is 5.25. The van der Waals surface area contributed by atoms with Crippen LogP contribution in [0.4, 0.5) is 0 Å². The van der Waals surface area contributed by atoms with Gasteiger partial charge in [0.05, 0.1) is 0 Å². The normalized spacial score (nSPS) is 40.0. The van der Waals surface area contributed by atoms with Gasteiger partial charge in [0, 0.05) is 0 Å². The van der Waals surface area contributed by atoms with Gasteiger partial charge < -0.3 is 0 Å². The Bertz CT molecular complexity index is 69.8. The average Bonchev–Trinajstić information content (AvgIpc) is 1.75. The molecular formula is CH3BS2. The van der Waals surface area contributed by atoms with Crippen molar-refractivity contribution in [1.29, 1.82) is 0 Å². The Morgan fingerprint density at radius 3 is 2.25 bits per heavy atom. The van der Waals surface area contributed by atoms with E-state index in [1.54, 1.807) is 0 Å². The topological polar surface area (TPSA) is 0 Å². The van der Waals surface area contributed by atoms with E-state index in [9.17, 15) is 0 Å². The van der Waals surface area contributed by atoms with Crippen LogP contribution in [0.5, 0.6) is 0 Å². The van der Waals surface area contributed by atoms with E-state index in [0.29, 0.717) is 0 Å². The Labute approximate surface area is 32.2 Å². The van der Waals surface area contributed by atoms with E-state index in [1.165, 1.54) is 5.08 Å². The zero-order valence-electron chi connectivity index (χ0n) is 2.14. The van der Waals surface area contributed by atoms with Crippen molar-refractivity contribution in [3.05, 3.63) is 0 Å². The molecule has 0 amide bonds. The van der Waals surface area contributed by atoms with Crippen LogP contribution in [0.1, 0.15) is 0 Å². The van der Waals surface area contributed by atoms with Gasteiger partial charge in [0.25, 0.3) is 0 Å². The monoisotopic (exact) mass is 90.0 g/mol. The van der Waals surface area contributed by atoms with E-state index in [4.69, 9.17) is 6.53 Å². The summed E-state index contributed by atoms with van der Waals surface area (Å²) in [6, 6.07) is 0. The molecule has 1 aliphatic heterocycles. The number of rotatable bonds is 0. The van der Waals surface area contributed by atoms with Gasteiger partial charge >= 0.3 is 31.6 Å². The van der Waals surface area contributed by atoms with Crippen LogP contribution in [-0.4, -0.2) is 11.6 Å². The van der Waals surface area contributed by atoms with E-state index in [0.717, 1.165) is 0 Å². The summed E-state index contributed by atoms with van der Waals surface area (Å²) in [5, 5.41) is 1.25. The van der Waals surface area contributed by atoms with Gasteiger partial charge in [-0.25, -0.2) is 0 Å². The summed E-state index contributed by atoms with van der Waals surface area (Å²) in [6.45, 7) is 5.25. The SMILES string of the molecule is B#[SH]1CS1. The second-order valence-electron chi connectivity index (χ2n) is 0.675. The second-order valence-corrected chi connectivity index (χ2v) is 4.98. The van der Waals surface area contributed by atoms with Crippen molar-refractivity contribution in [3.8, 4) is 0 Å². The summed E-state index contributed by atoms with van der Waals surface area (Å²) in [5.74, 6) is 0. The van der Waals surface area contributed by atoms with Crippen molar-refractivity contribution in [2.24, 2.45) is 0 Å². The molecular weight excluding hydrogens is 87.0 g/mol. The summed E-state index contributed by atoms with van der Waals surface area (Å²) in [5.41, 5.74) is 0. The fraction of sp³-hybridized carbons (Fsp3) is 1.00. The molecule has 1 fully saturated rings. The molecule has 0 aromatic carbocycles. The van der Waals surface area contributed by atoms with Gasteiger partial charge in [0.1, 0.15) is 0 Å². The van der Waals surface area contributed by atoms with Gasteiger partial charge in [0.2, 0.25) is 0 Å². The first-order valence-electron chi connectivity index (χ1n) is 1.05. The summed E-state index contributed by atoms with van der Waals surface area (Å²) < 4.78 is 0. The third-order valence-corrected chi connectivity index (χ3v) is 2.50. The minimum atomic E-state index is 0.0463. The zero-order chi connectivity index (χ0) is 2.99. The number of hydrogen-bond donors (Lipinski definition) is 1. The quantitative estimate of drug-likeness (QED) is 0.197. The van der Waals surface area contributed by atoms with Crippen LogP contribution in [0.3, 0.4) is 0 Å².